The van der Waals surface area contributed by atoms with Crippen LogP contribution in [0.2, 0.25) is 0 Å². The summed E-state index contributed by atoms with van der Waals surface area (Å²) in [5, 5.41) is 0. The molecule has 0 bridgehead atoms. The van der Waals surface area contributed by atoms with Crippen molar-refractivity contribution in [1.29, 1.82) is 0 Å². The Balaban J connectivity index is 2.60. The van der Waals surface area contributed by atoms with Crippen LogP contribution in [0.5, 0.6) is 11.5 Å². The highest BCUT2D eigenvalue weighted by Crippen LogP contribution is 2.46. The fourth-order valence-corrected chi connectivity index (χ4v) is 3.34. The summed E-state index contributed by atoms with van der Waals surface area (Å²) in [5.74, 6) is 2.12. The summed E-state index contributed by atoms with van der Waals surface area (Å²) in [6.45, 7) is 7.50. The fraction of sp³-hybridized carbons (Fsp3) is 0.533. The number of hydrogen-bond donors (Lipinski definition) is 0. The average Bonchev–Trinajstić information content (AvgIpc) is 2.37. The van der Waals surface area contributed by atoms with Crippen molar-refractivity contribution in [3.63, 3.8) is 0 Å². The molecule has 3 nitrogen and oxygen atoms in total. The Morgan fingerprint density at radius 1 is 1.26 bits per heavy atom. The first-order chi connectivity index (χ1) is 9.06. The maximum absolute atomic E-state index is 10.8. The van der Waals surface area contributed by atoms with Crippen LogP contribution in [0.1, 0.15) is 50.2 Å². The first kappa shape index (κ1) is 14.4. The number of ether oxygens (including phenoxy) is 2. The summed E-state index contributed by atoms with van der Waals surface area (Å²) in [5.41, 5.74) is 2.31. The summed E-state index contributed by atoms with van der Waals surface area (Å²) in [7, 11) is 0. The molecule has 0 aliphatic carbocycles. The minimum Gasteiger partial charge on any atom is -0.486 e. The van der Waals surface area contributed by atoms with E-state index in [4.69, 9.17) is 9.47 Å². The van der Waals surface area contributed by atoms with Gasteiger partial charge in [0.2, 0.25) is 0 Å². The molecular weight excluding hydrogens is 308 g/mol. The summed E-state index contributed by atoms with van der Waals surface area (Å²) in [4.78, 5) is 10.8. The van der Waals surface area contributed by atoms with Crippen LogP contribution in [0.3, 0.4) is 0 Å². The van der Waals surface area contributed by atoms with Gasteiger partial charge in [0, 0.05) is 16.5 Å². The fourth-order valence-electron chi connectivity index (χ4n) is 2.53. The zero-order valence-electron chi connectivity index (χ0n) is 11.5. The molecule has 1 aromatic rings. The van der Waals surface area contributed by atoms with Gasteiger partial charge in [-0.2, -0.15) is 0 Å². The maximum Gasteiger partial charge on any atom is 0.165 e. The third kappa shape index (κ3) is 2.78. The predicted octanol–water partition coefficient (Wildman–Crippen LogP) is 4.04. The van der Waals surface area contributed by atoms with Crippen molar-refractivity contribution >= 4 is 22.2 Å². The largest absolute Gasteiger partial charge is 0.486 e. The van der Waals surface area contributed by atoms with E-state index in [9.17, 15) is 4.79 Å². The van der Waals surface area contributed by atoms with Gasteiger partial charge in [0.15, 0.2) is 11.5 Å². The van der Waals surface area contributed by atoms with Gasteiger partial charge in [-0.3, -0.25) is 0 Å². The smallest absolute Gasteiger partial charge is 0.165 e. The molecule has 104 valence electrons. The average molecular weight is 327 g/mol. The van der Waals surface area contributed by atoms with E-state index in [1.54, 1.807) is 0 Å². The Hall–Kier alpha value is -1.03. The van der Waals surface area contributed by atoms with Crippen LogP contribution in [0.15, 0.2) is 10.5 Å². The molecule has 0 fully saturated rings. The van der Waals surface area contributed by atoms with Crippen molar-refractivity contribution in [2.45, 2.75) is 39.0 Å². The normalized spacial score (nSPS) is 15.4. The van der Waals surface area contributed by atoms with Gasteiger partial charge >= 0.3 is 0 Å². The minimum absolute atomic E-state index is 0.167. The first-order valence-electron chi connectivity index (χ1n) is 6.61. The van der Waals surface area contributed by atoms with Crippen molar-refractivity contribution in [2.75, 3.05) is 13.2 Å². The first-order valence-corrected chi connectivity index (χ1v) is 7.41. The van der Waals surface area contributed by atoms with Crippen molar-refractivity contribution < 1.29 is 14.3 Å². The summed E-state index contributed by atoms with van der Waals surface area (Å²) < 4.78 is 12.5. The van der Waals surface area contributed by atoms with Crippen LogP contribution >= 0.6 is 15.9 Å². The van der Waals surface area contributed by atoms with Crippen LogP contribution in [-0.2, 0) is 4.79 Å². The van der Waals surface area contributed by atoms with Gasteiger partial charge in [0.05, 0.1) is 0 Å². The lowest BCUT2D eigenvalue weighted by Crippen LogP contribution is -2.18. The molecule has 0 radical (unpaired) electrons. The molecule has 1 unspecified atom stereocenters. The SMILES string of the molecule is CC(C)c1c2c(cc(Br)c1C(C)CC=O)OCCO2. The zero-order valence-corrected chi connectivity index (χ0v) is 13.1. The van der Waals surface area contributed by atoms with Crippen molar-refractivity contribution in [3.05, 3.63) is 21.7 Å². The summed E-state index contributed by atoms with van der Waals surface area (Å²) in [6.07, 6.45) is 1.48. The second kappa shape index (κ2) is 5.95. The van der Waals surface area contributed by atoms with Crippen molar-refractivity contribution in [2.24, 2.45) is 0 Å². The predicted molar refractivity (Wildman–Crippen MR) is 78.3 cm³/mol. The number of benzene rings is 1. The topological polar surface area (TPSA) is 35.5 Å². The van der Waals surface area contributed by atoms with E-state index < -0.39 is 0 Å². The van der Waals surface area contributed by atoms with Gasteiger partial charge in [-0.25, -0.2) is 0 Å². The summed E-state index contributed by atoms with van der Waals surface area (Å²) >= 11 is 3.61. The van der Waals surface area contributed by atoms with Crippen LogP contribution < -0.4 is 9.47 Å². The highest BCUT2D eigenvalue weighted by molar-refractivity contribution is 9.10. The molecule has 1 atom stereocenters. The van der Waals surface area contributed by atoms with E-state index in [0.29, 0.717) is 25.6 Å². The molecular formula is C15H19BrO3. The molecule has 19 heavy (non-hydrogen) atoms. The van der Waals surface area contributed by atoms with Crippen molar-refractivity contribution in [1.82, 2.24) is 0 Å². The highest BCUT2D eigenvalue weighted by atomic mass is 79.9. The van der Waals surface area contributed by atoms with Crippen molar-refractivity contribution in [3.8, 4) is 11.5 Å². The number of halogens is 1. The Morgan fingerprint density at radius 3 is 2.58 bits per heavy atom. The van der Waals surface area contributed by atoms with E-state index >= 15 is 0 Å². The standard InChI is InChI=1S/C15H19BrO3/c1-9(2)13-14(10(3)4-5-17)11(16)8-12-15(13)19-7-6-18-12/h5,8-10H,4,6-7H2,1-3H3. The molecule has 1 heterocycles. The van der Waals surface area contributed by atoms with Crippen LogP contribution in [0.4, 0.5) is 0 Å². The van der Waals surface area contributed by atoms with Gasteiger partial charge in [0.1, 0.15) is 19.5 Å². The number of aldehydes is 1. The van der Waals surface area contributed by atoms with Gasteiger partial charge in [-0.15, -0.1) is 0 Å². The Kier molecular flexibility index (Phi) is 4.50. The Labute approximate surface area is 122 Å². The molecule has 1 aliphatic heterocycles. The van der Waals surface area contributed by atoms with E-state index in [1.165, 1.54) is 0 Å². The molecule has 0 N–H and O–H groups in total. The number of hydrogen-bond acceptors (Lipinski definition) is 3. The lowest BCUT2D eigenvalue weighted by molar-refractivity contribution is -0.108. The second-order valence-electron chi connectivity index (χ2n) is 5.17. The third-order valence-corrected chi connectivity index (χ3v) is 4.04. The molecule has 0 aromatic heterocycles. The van der Waals surface area contributed by atoms with Gasteiger partial charge in [-0.05, 0) is 23.5 Å². The molecule has 0 saturated heterocycles. The van der Waals surface area contributed by atoms with E-state index in [-0.39, 0.29) is 5.92 Å². The highest BCUT2D eigenvalue weighted by Gasteiger charge is 2.26. The molecule has 2 rings (SSSR count). The number of rotatable bonds is 4. The molecule has 1 aliphatic rings. The van der Waals surface area contributed by atoms with Gasteiger partial charge in [-0.1, -0.05) is 36.7 Å². The number of carbonyl (C=O) groups is 1. The molecule has 4 heteroatoms. The maximum atomic E-state index is 10.8. The number of fused-ring (bicyclic) bond motifs is 1. The van der Waals surface area contributed by atoms with E-state index in [0.717, 1.165) is 33.4 Å². The molecule has 0 saturated carbocycles. The third-order valence-electron chi connectivity index (χ3n) is 3.38. The van der Waals surface area contributed by atoms with Gasteiger partial charge in [0.25, 0.3) is 0 Å². The minimum atomic E-state index is 0.167. The lowest BCUT2D eigenvalue weighted by Gasteiger charge is -2.27. The zero-order chi connectivity index (χ0) is 14.0. The van der Waals surface area contributed by atoms with E-state index in [1.807, 2.05) is 6.07 Å². The Bertz CT molecular complexity index is 483. The van der Waals surface area contributed by atoms with E-state index in [2.05, 4.69) is 36.7 Å². The molecule has 0 spiro atoms. The van der Waals surface area contributed by atoms with Gasteiger partial charge < -0.3 is 14.3 Å². The monoisotopic (exact) mass is 326 g/mol. The second-order valence-corrected chi connectivity index (χ2v) is 6.02. The number of carbonyl (C=O) groups excluding carboxylic acids is 1. The van der Waals surface area contributed by atoms with Crippen LogP contribution in [-0.4, -0.2) is 19.5 Å². The van der Waals surface area contributed by atoms with Crippen LogP contribution in [0, 0.1) is 0 Å². The lowest BCUT2D eigenvalue weighted by atomic mass is 9.87. The molecule has 1 aromatic carbocycles. The van der Waals surface area contributed by atoms with Crippen LogP contribution in [0.25, 0.3) is 0 Å². The quantitative estimate of drug-likeness (QED) is 0.783. The summed E-state index contributed by atoms with van der Waals surface area (Å²) in [6, 6.07) is 1.96. The Morgan fingerprint density at radius 2 is 1.95 bits per heavy atom. The molecule has 0 amide bonds.